The predicted octanol–water partition coefficient (Wildman–Crippen LogP) is 3.34. The van der Waals surface area contributed by atoms with E-state index >= 15 is 0 Å². The van der Waals surface area contributed by atoms with Crippen LogP contribution in [-0.2, 0) is 14.6 Å². The van der Waals surface area contributed by atoms with Crippen LogP contribution in [-0.4, -0.2) is 48.3 Å². The van der Waals surface area contributed by atoms with E-state index in [9.17, 15) is 13.2 Å². The number of nitrogens with one attached hydrogen (secondary N) is 1. The topological polar surface area (TPSA) is 79.5 Å². The molecule has 1 aromatic heterocycles. The molecule has 2 aromatic rings. The van der Waals surface area contributed by atoms with E-state index in [1.54, 1.807) is 11.1 Å². The van der Waals surface area contributed by atoms with Gasteiger partial charge in [-0.25, -0.2) is 13.2 Å². The number of rotatable bonds is 2. The fraction of sp³-hybridized carbons (Fsp3) is 0.500. The summed E-state index contributed by atoms with van der Waals surface area (Å²) in [6.45, 7) is 6.24. The lowest BCUT2D eigenvalue weighted by atomic mass is 10.1. The minimum absolute atomic E-state index is 0.346. The van der Waals surface area contributed by atoms with Gasteiger partial charge < -0.3 is 14.6 Å². The van der Waals surface area contributed by atoms with Crippen molar-refractivity contribution in [2.24, 2.45) is 0 Å². The summed E-state index contributed by atoms with van der Waals surface area (Å²) < 4.78 is 31.4. The van der Waals surface area contributed by atoms with E-state index < -0.39 is 20.7 Å². The SMILES string of the molecule is CC(C)(C)OC(=O)N1CCC(S(=O)(=O)c2c[nH]c3ccccc23)CC1. The standard InChI is InChI=1S/C18H24N2O4S/c1-18(2,3)24-17(21)20-10-8-13(9-11-20)25(22,23)16-12-19-15-7-5-4-6-14(15)16/h4-7,12-13,19H,8-11H2,1-3H3. The molecule has 7 heteroatoms. The molecule has 1 fully saturated rings. The third-order valence-electron chi connectivity index (χ3n) is 4.39. The molecular formula is C18H24N2O4S. The first kappa shape index (κ1) is 17.8. The molecule has 1 saturated heterocycles. The molecule has 0 unspecified atom stereocenters. The maximum atomic E-state index is 13.0. The number of hydrogen-bond acceptors (Lipinski definition) is 4. The van der Waals surface area contributed by atoms with E-state index in [-0.39, 0.29) is 6.09 Å². The molecule has 0 saturated carbocycles. The van der Waals surface area contributed by atoms with Gasteiger partial charge in [0.25, 0.3) is 0 Å². The van der Waals surface area contributed by atoms with Gasteiger partial charge in [-0.15, -0.1) is 0 Å². The van der Waals surface area contributed by atoms with Gasteiger partial charge in [-0.05, 0) is 39.7 Å². The van der Waals surface area contributed by atoms with Crippen molar-refractivity contribution in [2.75, 3.05) is 13.1 Å². The number of ether oxygens (including phenoxy) is 1. The lowest BCUT2D eigenvalue weighted by molar-refractivity contribution is 0.0217. The number of hydrogen-bond donors (Lipinski definition) is 1. The number of fused-ring (bicyclic) bond motifs is 1. The van der Waals surface area contributed by atoms with Crippen LogP contribution in [0, 0.1) is 0 Å². The second-order valence-corrected chi connectivity index (χ2v) is 9.61. The summed E-state index contributed by atoms with van der Waals surface area (Å²) >= 11 is 0. The zero-order chi connectivity index (χ0) is 18.2. The molecule has 2 heterocycles. The molecule has 0 radical (unpaired) electrons. The monoisotopic (exact) mass is 364 g/mol. The quantitative estimate of drug-likeness (QED) is 0.886. The highest BCUT2D eigenvalue weighted by atomic mass is 32.2. The second-order valence-electron chi connectivity index (χ2n) is 7.41. The van der Waals surface area contributed by atoms with Crippen LogP contribution in [0.15, 0.2) is 35.4 Å². The fourth-order valence-electron chi connectivity index (χ4n) is 3.14. The van der Waals surface area contributed by atoms with Gasteiger partial charge in [0.1, 0.15) is 5.60 Å². The Morgan fingerprint density at radius 2 is 1.84 bits per heavy atom. The molecule has 0 spiro atoms. The lowest BCUT2D eigenvalue weighted by Gasteiger charge is -2.33. The van der Waals surface area contributed by atoms with Gasteiger partial charge in [-0.3, -0.25) is 0 Å². The van der Waals surface area contributed by atoms with Crippen molar-refractivity contribution in [3.63, 3.8) is 0 Å². The van der Waals surface area contributed by atoms with E-state index in [1.807, 2.05) is 45.0 Å². The number of piperidine rings is 1. The first-order valence-corrected chi connectivity index (χ1v) is 10.0. The van der Waals surface area contributed by atoms with E-state index in [1.165, 1.54) is 0 Å². The summed E-state index contributed by atoms with van der Waals surface area (Å²) in [7, 11) is -3.44. The Balaban J connectivity index is 1.73. The number of carbonyl (C=O) groups is 1. The molecule has 0 bridgehead atoms. The highest BCUT2D eigenvalue weighted by Crippen LogP contribution is 2.30. The third-order valence-corrected chi connectivity index (χ3v) is 6.69. The molecular weight excluding hydrogens is 340 g/mol. The molecule has 3 rings (SSSR count). The van der Waals surface area contributed by atoms with Crippen LogP contribution in [0.25, 0.3) is 10.9 Å². The van der Waals surface area contributed by atoms with Crippen LogP contribution in [0.2, 0.25) is 0 Å². The molecule has 0 atom stereocenters. The molecule has 1 aliphatic heterocycles. The zero-order valence-electron chi connectivity index (χ0n) is 14.8. The summed E-state index contributed by atoms with van der Waals surface area (Å²) in [6.07, 6.45) is 2.03. The summed E-state index contributed by atoms with van der Waals surface area (Å²) in [4.78, 5) is 17.1. The number of nitrogens with zero attached hydrogens (tertiary/aromatic N) is 1. The van der Waals surface area contributed by atoms with Crippen molar-refractivity contribution in [3.8, 4) is 0 Å². The average molecular weight is 364 g/mol. The molecule has 6 nitrogen and oxygen atoms in total. The van der Waals surface area contributed by atoms with Crippen molar-refractivity contribution in [3.05, 3.63) is 30.5 Å². The van der Waals surface area contributed by atoms with Gasteiger partial charge >= 0.3 is 6.09 Å². The molecule has 1 N–H and O–H groups in total. The molecule has 1 aromatic carbocycles. The Hall–Kier alpha value is -2.02. The number of likely N-dealkylation sites (tertiary alicyclic amines) is 1. The summed E-state index contributed by atoms with van der Waals surface area (Å²) in [6, 6.07) is 7.38. The van der Waals surface area contributed by atoms with Crippen LogP contribution in [0.3, 0.4) is 0 Å². The predicted molar refractivity (Wildman–Crippen MR) is 96.3 cm³/mol. The number of benzene rings is 1. The maximum Gasteiger partial charge on any atom is 0.410 e. The van der Waals surface area contributed by atoms with Crippen LogP contribution < -0.4 is 0 Å². The Morgan fingerprint density at radius 1 is 1.20 bits per heavy atom. The van der Waals surface area contributed by atoms with Gasteiger partial charge in [0.15, 0.2) is 9.84 Å². The van der Waals surface area contributed by atoms with E-state index in [0.717, 1.165) is 10.9 Å². The van der Waals surface area contributed by atoms with Crippen molar-refractivity contribution in [2.45, 2.75) is 49.4 Å². The van der Waals surface area contributed by atoms with Gasteiger partial charge in [0, 0.05) is 30.2 Å². The number of H-pyrrole nitrogens is 1. The Morgan fingerprint density at radius 3 is 2.48 bits per heavy atom. The van der Waals surface area contributed by atoms with Crippen LogP contribution >= 0.6 is 0 Å². The molecule has 1 aliphatic rings. The normalized spacial score (nSPS) is 17.0. The first-order valence-electron chi connectivity index (χ1n) is 8.46. The molecule has 136 valence electrons. The van der Waals surface area contributed by atoms with Crippen molar-refractivity contribution in [1.29, 1.82) is 0 Å². The highest BCUT2D eigenvalue weighted by Gasteiger charge is 2.35. The van der Waals surface area contributed by atoms with Gasteiger partial charge in [0.05, 0.1) is 10.1 Å². The van der Waals surface area contributed by atoms with Gasteiger partial charge in [-0.2, -0.15) is 0 Å². The van der Waals surface area contributed by atoms with Crippen LogP contribution in [0.5, 0.6) is 0 Å². The Bertz CT molecular complexity index is 872. The van der Waals surface area contributed by atoms with Crippen molar-refractivity contribution in [1.82, 2.24) is 9.88 Å². The highest BCUT2D eigenvalue weighted by molar-refractivity contribution is 7.92. The summed E-state index contributed by atoms with van der Waals surface area (Å²) in [5.74, 6) is 0. The van der Waals surface area contributed by atoms with E-state index in [0.29, 0.717) is 30.8 Å². The Labute approximate surface area is 148 Å². The van der Waals surface area contributed by atoms with Crippen LogP contribution in [0.4, 0.5) is 4.79 Å². The lowest BCUT2D eigenvalue weighted by Crippen LogP contribution is -2.44. The first-order chi connectivity index (χ1) is 11.7. The third kappa shape index (κ3) is 3.66. The zero-order valence-corrected chi connectivity index (χ0v) is 15.6. The van der Waals surface area contributed by atoms with E-state index in [4.69, 9.17) is 4.74 Å². The summed E-state index contributed by atoms with van der Waals surface area (Å²) in [5, 5.41) is 0.238. The second kappa shape index (κ2) is 6.37. The van der Waals surface area contributed by atoms with Crippen LogP contribution in [0.1, 0.15) is 33.6 Å². The molecule has 25 heavy (non-hydrogen) atoms. The number of sulfone groups is 1. The fourth-order valence-corrected chi connectivity index (χ4v) is 5.03. The smallest absolute Gasteiger partial charge is 0.410 e. The number of aromatic nitrogens is 1. The molecule has 1 amide bonds. The van der Waals surface area contributed by atoms with Crippen molar-refractivity contribution >= 4 is 26.8 Å². The largest absolute Gasteiger partial charge is 0.444 e. The minimum Gasteiger partial charge on any atom is -0.444 e. The number of amides is 1. The van der Waals surface area contributed by atoms with E-state index in [2.05, 4.69) is 4.98 Å². The van der Waals surface area contributed by atoms with Crippen molar-refractivity contribution < 1.29 is 17.9 Å². The average Bonchev–Trinajstić information content (AvgIpc) is 2.98. The number of aromatic amines is 1. The summed E-state index contributed by atoms with van der Waals surface area (Å²) in [5.41, 5.74) is 0.261. The molecule has 0 aliphatic carbocycles. The number of para-hydroxylation sites is 1. The Kier molecular flexibility index (Phi) is 4.53. The minimum atomic E-state index is -3.44. The number of carbonyl (C=O) groups excluding carboxylic acids is 1. The maximum absolute atomic E-state index is 13.0. The van der Waals surface area contributed by atoms with Gasteiger partial charge in [-0.1, -0.05) is 18.2 Å². The van der Waals surface area contributed by atoms with Gasteiger partial charge in [0.2, 0.25) is 0 Å².